The van der Waals surface area contributed by atoms with Gasteiger partial charge < -0.3 is 10.3 Å². The average molecular weight is 287 g/mol. The Kier molecular flexibility index (Phi) is 3.84. The molecule has 0 saturated heterocycles. The lowest BCUT2D eigenvalue weighted by atomic mass is 10.1. The molecule has 0 aliphatic heterocycles. The maximum absolute atomic E-state index is 12.1. The fourth-order valence-electron chi connectivity index (χ4n) is 1.99. The van der Waals surface area contributed by atoms with Gasteiger partial charge in [-0.1, -0.05) is 0 Å². The first-order valence-corrected chi connectivity index (χ1v) is 6.15. The number of H-pyrrole nitrogens is 1. The molecule has 7 nitrogen and oxygen atoms in total. The molecule has 1 aromatic heterocycles. The molecule has 7 heteroatoms. The van der Waals surface area contributed by atoms with Crippen molar-refractivity contribution in [3.63, 3.8) is 0 Å². The zero-order valence-corrected chi connectivity index (χ0v) is 11.5. The highest BCUT2D eigenvalue weighted by Crippen LogP contribution is 2.16. The van der Waals surface area contributed by atoms with Crippen LogP contribution < -0.4 is 10.7 Å². The summed E-state index contributed by atoms with van der Waals surface area (Å²) in [7, 11) is 0. The number of carbonyl (C=O) groups is 1. The zero-order chi connectivity index (χ0) is 15.6. The minimum Gasteiger partial charge on any atom is -0.362 e. The number of aromatic amines is 1. The Morgan fingerprint density at radius 1 is 1.24 bits per heavy atom. The quantitative estimate of drug-likeness (QED) is 0.666. The van der Waals surface area contributed by atoms with Crippen LogP contribution >= 0.6 is 0 Å². The van der Waals surface area contributed by atoms with Crippen LogP contribution in [0.25, 0.3) is 0 Å². The molecule has 1 aromatic carbocycles. The number of pyridine rings is 1. The van der Waals surface area contributed by atoms with Crippen LogP contribution in [0.2, 0.25) is 0 Å². The number of benzene rings is 1. The van der Waals surface area contributed by atoms with E-state index in [1.165, 1.54) is 30.3 Å². The number of anilines is 1. The molecule has 21 heavy (non-hydrogen) atoms. The monoisotopic (exact) mass is 287 g/mol. The SMILES string of the molecule is Cc1cc(=O)c(C(=O)Nc2ccc([N+](=O)[O-])cc2)c(C)[nH]1. The van der Waals surface area contributed by atoms with Crippen molar-refractivity contribution >= 4 is 17.3 Å². The summed E-state index contributed by atoms with van der Waals surface area (Å²) in [4.78, 5) is 36.9. The van der Waals surface area contributed by atoms with Gasteiger partial charge in [-0.3, -0.25) is 19.7 Å². The molecule has 2 rings (SSSR count). The number of nitrogens with one attached hydrogen (secondary N) is 2. The van der Waals surface area contributed by atoms with Crippen molar-refractivity contribution in [3.05, 3.63) is 67.6 Å². The summed E-state index contributed by atoms with van der Waals surface area (Å²) in [6.07, 6.45) is 0. The van der Waals surface area contributed by atoms with Gasteiger partial charge in [-0.2, -0.15) is 0 Å². The van der Waals surface area contributed by atoms with Crippen molar-refractivity contribution in [2.45, 2.75) is 13.8 Å². The molecule has 0 saturated carbocycles. The fourth-order valence-corrected chi connectivity index (χ4v) is 1.99. The molecule has 1 heterocycles. The van der Waals surface area contributed by atoms with Gasteiger partial charge in [0.25, 0.3) is 11.6 Å². The molecule has 108 valence electrons. The lowest BCUT2D eigenvalue weighted by Crippen LogP contribution is -2.23. The highest BCUT2D eigenvalue weighted by molar-refractivity contribution is 6.04. The second-order valence-electron chi connectivity index (χ2n) is 4.57. The lowest BCUT2D eigenvalue weighted by molar-refractivity contribution is -0.384. The predicted molar refractivity (Wildman–Crippen MR) is 77.6 cm³/mol. The number of carbonyl (C=O) groups excluding carboxylic acids is 1. The molecular weight excluding hydrogens is 274 g/mol. The van der Waals surface area contributed by atoms with Gasteiger partial charge in [-0.15, -0.1) is 0 Å². The van der Waals surface area contributed by atoms with Gasteiger partial charge in [-0.05, 0) is 26.0 Å². The van der Waals surface area contributed by atoms with Crippen LogP contribution in [0.1, 0.15) is 21.7 Å². The van der Waals surface area contributed by atoms with Gasteiger partial charge in [0.15, 0.2) is 5.43 Å². The first kappa shape index (κ1) is 14.4. The number of rotatable bonds is 3. The fraction of sp³-hybridized carbons (Fsp3) is 0.143. The van der Waals surface area contributed by atoms with E-state index >= 15 is 0 Å². The highest BCUT2D eigenvalue weighted by Gasteiger charge is 2.15. The minimum atomic E-state index is -0.553. The summed E-state index contributed by atoms with van der Waals surface area (Å²) in [5.74, 6) is -0.553. The second-order valence-corrected chi connectivity index (χ2v) is 4.57. The summed E-state index contributed by atoms with van der Waals surface area (Å²) >= 11 is 0. The van der Waals surface area contributed by atoms with Crippen molar-refractivity contribution in [1.29, 1.82) is 0 Å². The molecule has 0 spiro atoms. The third kappa shape index (κ3) is 3.14. The van der Waals surface area contributed by atoms with Crippen LogP contribution in [0, 0.1) is 24.0 Å². The Morgan fingerprint density at radius 3 is 2.38 bits per heavy atom. The first-order valence-electron chi connectivity index (χ1n) is 6.15. The van der Waals surface area contributed by atoms with E-state index in [1.807, 2.05) is 0 Å². The molecule has 1 amide bonds. The Balaban J connectivity index is 2.26. The number of nitro benzene ring substituents is 1. The summed E-state index contributed by atoms with van der Waals surface area (Å²) in [6, 6.07) is 6.73. The van der Waals surface area contributed by atoms with E-state index in [1.54, 1.807) is 13.8 Å². The Labute approximate surface area is 119 Å². The molecule has 0 bridgehead atoms. The Morgan fingerprint density at radius 2 is 1.86 bits per heavy atom. The standard InChI is InChI=1S/C14H13N3O4/c1-8-7-12(18)13(9(2)15-8)14(19)16-10-3-5-11(6-4-10)17(20)21/h3-7H,1-2H3,(H,15,18)(H,16,19). The van der Waals surface area contributed by atoms with Crippen LogP contribution in [0.3, 0.4) is 0 Å². The molecule has 0 radical (unpaired) electrons. The van der Waals surface area contributed by atoms with E-state index in [0.29, 0.717) is 17.1 Å². The second kappa shape index (κ2) is 5.58. The maximum Gasteiger partial charge on any atom is 0.269 e. The van der Waals surface area contributed by atoms with Gasteiger partial charge in [0.2, 0.25) is 0 Å². The number of aryl methyl sites for hydroxylation is 2. The summed E-state index contributed by atoms with van der Waals surface area (Å²) in [6.45, 7) is 3.37. The van der Waals surface area contributed by atoms with Crippen molar-refractivity contribution in [2.75, 3.05) is 5.32 Å². The highest BCUT2D eigenvalue weighted by atomic mass is 16.6. The van der Waals surface area contributed by atoms with E-state index in [-0.39, 0.29) is 16.7 Å². The predicted octanol–water partition coefficient (Wildman–Crippen LogP) is 2.15. The van der Waals surface area contributed by atoms with Gasteiger partial charge in [0.05, 0.1) is 4.92 Å². The van der Waals surface area contributed by atoms with Crippen LogP contribution in [-0.2, 0) is 0 Å². The first-order chi connectivity index (χ1) is 9.88. The van der Waals surface area contributed by atoms with E-state index in [9.17, 15) is 19.7 Å². The van der Waals surface area contributed by atoms with Gasteiger partial charge in [0, 0.05) is 35.3 Å². The van der Waals surface area contributed by atoms with E-state index in [2.05, 4.69) is 10.3 Å². The molecule has 2 aromatic rings. The van der Waals surface area contributed by atoms with E-state index in [0.717, 1.165) is 0 Å². The normalized spacial score (nSPS) is 10.2. The lowest BCUT2D eigenvalue weighted by Gasteiger charge is -2.07. The topological polar surface area (TPSA) is 105 Å². The Bertz CT molecular complexity index is 763. The number of aromatic nitrogens is 1. The molecule has 0 aliphatic carbocycles. The molecule has 0 aliphatic rings. The molecule has 2 N–H and O–H groups in total. The third-order valence-electron chi connectivity index (χ3n) is 2.92. The molecule has 0 unspecified atom stereocenters. The molecule has 0 atom stereocenters. The average Bonchev–Trinajstić information content (AvgIpc) is 2.37. The van der Waals surface area contributed by atoms with Gasteiger partial charge >= 0.3 is 0 Å². The molecule has 0 fully saturated rings. The van der Waals surface area contributed by atoms with E-state index in [4.69, 9.17) is 0 Å². The van der Waals surface area contributed by atoms with Crippen LogP contribution in [-0.4, -0.2) is 15.8 Å². The summed E-state index contributed by atoms with van der Waals surface area (Å²) in [5, 5.41) is 13.1. The van der Waals surface area contributed by atoms with Crippen molar-refractivity contribution in [2.24, 2.45) is 0 Å². The van der Waals surface area contributed by atoms with Crippen LogP contribution in [0.5, 0.6) is 0 Å². The number of non-ortho nitro benzene ring substituents is 1. The smallest absolute Gasteiger partial charge is 0.269 e. The van der Waals surface area contributed by atoms with Gasteiger partial charge in [0.1, 0.15) is 5.56 Å². The van der Waals surface area contributed by atoms with Crippen molar-refractivity contribution < 1.29 is 9.72 Å². The number of hydrogen-bond donors (Lipinski definition) is 2. The summed E-state index contributed by atoms with van der Waals surface area (Å²) in [5.41, 5.74) is 1.10. The minimum absolute atomic E-state index is 0.0268. The van der Waals surface area contributed by atoms with Crippen LogP contribution in [0.15, 0.2) is 35.1 Å². The number of hydrogen-bond acceptors (Lipinski definition) is 4. The molecular formula is C14H13N3O4. The van der Waals surface area contributed by atoms with Crippen molar-refractivity contribution in [1.82, 2.24) is 4.98 Å². The number of amides is 1. The Hall–Kier alpha value is -2.96. The van der Waals surface area contributed by atoms with E-state index < -0.39 is 10.8 Å². The summed E-state index contributed by atoms with van der Waals surface area (Å²) < 4.78 is 0. The number of nitro groups is 1. The number of nitrogens with zero attached hydrogens (tertiary/aromatic N) is 1. The zero-order valence-electron chi connectivity index (χ0n) is 11.5. The maximum atomic E-state index is 12.1. The van der Waals surface area contributed by atoms with Crippen molar-refractivity contribution in [3.8, 4) is 0 Å². The largest absolute Gasteiger partial charge is 0.362 e. The third-order valence-corrected chi connectivity index (χ3v) is 2.92. The van der Waals surface area contributed by atoms with Gasteiger partial charge in [-0.25, -0.2) is 0 Å². The van der Waals surface area contributed by atoms with Crippen LogP contribution in [0.4, 0.5) is 11.4 Å².